The Bertz CT molecular complexity index is 2590. The first-order chi connectivity index (χ1) is 24.3. The lowest BCUT2D eigenvalue weighted by molar-refractivity contribution is 1.18. The van der Waals surface area contributed by atoms with E-state index in [4.69, 9.17) is 9.97 Å². The van der Waals surface area contributed by atoms with Gasteiger partial charge < -0.3 is 0 Å². The van der Waals surface area contributed by atoms with Crippen LogP contribution in [-0.4, -0.2) is 15.0 Å². The quantitative estimate of drug-likeness (QED) is 0.181. The maximum absolute atomic E-state index is 5.23. The van der Waals surface area contributed by atoms with Crippen LogP contribution in [0, 0.1) is 0 Å². The summed E-state index contributed by atoms with van der Waals surface area (Å²) in [5, 5.41) is 2.58. The molecule has 0 aliphatic carbocycles. The molecule has 4 heteroatoms. The molecule has 230 valence electrons. The summed E-state index contributed by atoms with van der Waals surface area (Å²) in [5.74, 6) is 0.689. The molecule has 0 radical (unpaired) electrons. The van der Waals surface area contributed by atoms with E-state index in [0.717, 1.165) is 56.0 Å². The van der Waals surface area contributed by atoms with Gasteiger partial charge in [0, 0.05) is 48.6 Å². The van der Waals surface area contributed by atoms with Gasteiger partial charge in [-0.15, -0.1) is 11.3 Å². The average molecular weight is 644 g/mol. The highest BCUT2D eigenvalue weighted by atomic mass is 32.1. The zero-order chi connectivity index (χ0) is 32.6. The number of hydrogen-bond acceptors (Lipinski definition) is 4. The Morgan fingerprint density at radius 1 is 0.367 bits per heavy atom. The second kappa shape index (κ2) is 12.4. The number of pyridine rings is 1. The standard InChI is InChI=1S/C45H29N3S/c1-3-13-30(14-4-1)34-26-35(37-20-12-21-39-38-19-7-8-23-43(38)49-44(37)39)28-36(27-34)42-29-41(47-45(48-42)31-15-5-2-6-16-31)33-18-11-17-32(25-33)40-22-9-10-24-46-40/h1-29H. The third-order valence-electron chi connectivity index (χ3n) is 8.93. The molecule has 6 aromatic carbocycles. The summed E-state index contributed by atoms with van der Waals surface area (Å²) in [6, 6.07) is 59.6. The van der Waals surface area contributed by atoms with Crippen LogP contribution in [0.2, 0.25) is 0 Å². The molecular weight excluding hydrogens is 615 g/mol. The van der Waals surface area contributed by atoms with Crippen molar-refractivity contribution in [2.24, 2.45) is 0 Å². The molecule has 9 aromatic rings. The van der Waals surface area contributed by atoms with Crippen molar-refractivity contribution in [3.05, 3.63) is 176 Å². The van der Waals surface area contributed by atoms with Gasteiger partial charge in [0.1, 0.15) is 0 Å². The molecule has 0 saturated heterocycles. The molecule has 0 fully saturated rings. The molecule has 3 nitrogen and oxygen atoms in total. The third kappa shape index (κ3) is 5.58. The minimum absolute atomic E-state index is 0.689. The van der Waals surface area contributed by atoms with Crippen molar-refractivity contribution < 1.29 is 0 Å². The van der Waals surface area contributed by atoms with Gasteiger partial charge in [-0.05, 0) is 70.8 Å². The molecule has 49 heavy (non-hydrogen) atoms. The van der Waals surface area contributed by atoms with Gasteiger partial charge in [0.15, 0.2) is 5.82 Å². The van der Waals surface area contributed by atoms with Gasteiger partial charge in [-0.3, -0.25) is 4.98 Å². The van der Waals surface area contributed by atoms with Crippen LogP contribution in [0.1, 0.15) is 0 Å². The van der Waals surface area contributed by atoms with Crippen LogP contribution in [0.5, 0.6) is 0 Å². The molecule has 0 spiro atoms. The molecule has 0 aliphatic rings. The number of aromatic nitrogens is 3. The van der Waals surface area contributed by atoms with Gasteiger partial charge in [0.2, 0.25) is 0 Å². The van der Waals surface area contributed by atoms with Crippen LogP contribution in [0.3, 0.4) is 0 Å². The topological polar surface area (TPSA) is 38.7 Å². The molecule has 0 saturated carbocycles. The number of fused-ring (bicyclic) bond motifs is 3. The summed E-state index contributed by atoms with van der Waals surface area (Å²) >= 11 is 1.85. The number of thiophene rings is 1. The summed E-state index contributed by atoms with van der Waals surface area (Å²) in [6.45, 7) is 0. The normalized spacial score (nSPS) is 11.3. The monoisotopic (exact) mass is 643 g/mol. The highest BCUT2D eigenvalue weighted by Crippen LogP contribution is 2.42. The molecule has 3 heterocycles. The highest BCUT2D eigenvalue weighted by molar-refractivity contribution is 7.26. The fourth-order valence-electron chi connectivity index (χ4n) is 6.53. The van der Waals surface area contributed by atoms with Crippen LogP contribution in [0.25, 0.3) is 87.6 Å². The van der Waals surface area contributed by atoms with Crippen molar-refractivity contribution in [2.75, 3.05) is 0 Å². The first kappa shape index (κ1) is 29.0. The van der Waals surface area contributed by atoms with Crippen molar-refractivity contribution in [1.29, 1.82) is 0 Å². The van der Waals surface area contributed by atoms with Gasteiger partial charge in [-0.2, -0.15) is 0 Å². The van der Waals surface area contributed by atoms with Crippen LogP contribution in [0.4, 0.5) is 0 Å². The van der Waals surface area contributed by atoms with Gasteiger partial charge in [-0.1, -0.05) is 121 Å². The molecule has 0 bridgehead atoms. The van der Waals surface area contributed by atoms with Crippen molar-refractivity contribution >= 4 is 31.5 Å². The molecule has 3 aromatic heterocycles. The van der Waals surface area contributed by atoms with E-state index in [-0.39, 0.29) is 0 Å². The van der Waals surface area contributed by atoms with Gasteiger partial charge in [0.25, 0.3) is 0 Å². The van der Waals surface area contributed by atoms with Crippen LogP contribution in [-0.2, 0) is 0 Å². The largest absolute Gasteiger partial charge is 0.256 e. The van der Waals surface area contributed by atoms with Crippen molar-refractivity contribution in [1.82, 2.24) is 15.0 Å². The molecule has 0 aliphatic heterocycles. The summed E-state index contributed by atoms with van der Waals surface area (Å²) in [6.07, 6.45) is 1.83. The van der Waals surface area contributed by atoms with Crippen LogP contribution >= 0.6 is 11.3 Å². The molecule has 9 rings (SSSR count). The maximum atomic E-state index is 5.23. The molecule has 0 unspecified atom stereocenters. The maximum Gasteiger partial charge on any atom is 0.160 e. The Labute approximate surface area is 288 Å². The van der Waals surface area contributed by atoms with E-state index < -0.39 is 0 Å². The smallest absolute Gasteiger partial charge is 0.160 e. The summed E-state index contributed by atoms with van der Waals surface area (Å²) < 4.78 is 2.59. The summed E-state index contributed by atoms with van der Waals surface area (Å²) in [7, 11) is 0. The summed E-state index contributed by atoms with van der Waals surface area (Å²) in [4.78, 5) is 15.0. The first-order valence-corrected chi connectivity index (χ1v) is 17.2. The van der Waals surface area contributed by atoms with Gasteiger partial charge in [0.05, 0.1) is 17.1 Å². The minimum atomic E-state index is 0.689. The van der Waals surface area contributed by atoms with Gasteiger partial charge in [-0.25, -0.2) is 9.97 Å². The summed E-state index contributed by atoms with van der Waals surface area (Å²) in [5.41, 5.74) is 11.4. The molecular formula is C45H29N3S. The van der Waals surface area contributed by atoms with E-state index in [0.29, 0.717) is 5.82 Å². The zero-order valence-electron chi connectivity index (χ0n) is 26.5. The Morgan fingerprint density at radius 2 is 0.959 bits per heavy atom. The number of rotatable bonds is 6. The molecule has 0 atom stereocenters. The average Bonchev–Trinajstić information content (AvgIpc) is 3.58. The number of benzene rings is 6. The fraction of sp³-hybridized carbons (Fsp3) is 0. The minimum Gasteiger partial charge on any atom is -0.256 e. The predicted molar refractivity (Wildman–Crippen MR) is 205 cm³/mol. The molecule has 0 N–H and O–H groups in total. The predicted octanol–water partition coefficient (Wildman–Crippen LogP) is 12.2. The highest BCUT2D eigenvalue weighted by Gasteiger charge is 2.16. The number of nitrogens with zero attached hydrogens (tertiary/aromatic N) is 3. The van der Waals surface area contributed by atoms with E-state index in [1.807, 2.05) is 53.9 Å². The Hall–Kier alpha value is -6.23. The molecule has 0 amide bonds. The van der Waals surface area contributed by atoms with Crippen molar-refractivity contribution in [3.8, 4) is 67.4 Å². The van der Waals surface area contributed by atoms with E-state index in [2.05, 4.69) is 138 Å². The zero-order valence-corrected chi connectivity index (χ0v) is 27.3. The SMILES string of the molecule is c1ccc(-c2cc(-c3cc(-c4cccc(-c5ccccn5)c4)nc(-c4ccccc4)n3)cc(-c3cccc4c3sc3ccccc34)c2)cc1. The lowest BCUT2D eigenvalue weighted by atomic mass is 9.93. The Kier molecular flexibility index (Phi) is 7.34. The van der Waals surface area contributed by atoms with E-state index in [1.54, 1.807) is 0 Å². The van der Waals surface area contributed by atoms with Gasteiger partial charge >= 0.3 is 0 Å². The van der Waals surface area contributed by atoms with Crippen molar-refractivity contribution in [3.63, 3.8) is 0 Å². The Balaban J connectivity index is 1.27. The first-order valence-electron chi connectivity index (χ1n) is 16.3. The van der Waals surface area contributed by atoms with Crippen LogP contribution < -0.4 is 0 Å². The van der Waals surface area contributed by atoms with Crippen LogP contribution in [0.15, 0.2) is 176 Å². The lowest BCUT2D eigenvalue weighted by Crippen LogP contribution is -1.97. The second-order valence-corrected chi connectivity index (χ2v) is 13.1. The lowest BCUT2D eigenvalue weighted by Gasteiger charge is -2.14. The number of hydrogen-bond donors (Lipinski definition) is 0. The third-order valence-corrected chi connectivity index (χ3v) is 10.1. The van der Waals surface area contributed by atoms with Crippen molar-refractivity contribution in [2.45, 2.75) is 0 Å². The van der Waals surface area contributed by atoms with E-state index >= 15 is 0 Å². The van der Waals surface area contributed by atoms with E-state index in [1.165, 1.54) is 25.7 Å². The Morgan fingerprint density at radius 3 is 1.76 bits per heavy atom. The fourth-order valence-corrected chi connectivity index (χ4v) is 7.77. The van der Waals surface area contributed by atoms with E-state index in [9.17, 15) is 0 Å². The second-order valence-electron chi connectivity index (χ2n) is 12.1.